The van der Waals surface area contributed by atoms with Gasteiger partial charge in [-0.15, -0.1) is 0 Å². The SMILES string of the molecule is CNCNC(CO)CO. The van der Waals surface area contributed by atoms with Crippen LogP contribution < -0.4 is 10.6 Å². The molecule has 4 heteroatoms. The Bertz CT molecular complexity index is 56.9. The zero-order chi connectivity index (χ0) is 7.11. The van der Waals surface area contributed by atoms with Gasteiger partial charge in [0.2, 0.25) is 0 Å². The summed E-state index contributed by atoms with van der Waals surface area (Å²) in [4.78, 5) is 0. The molecule has 0 bridgehead atoms. The lowest BCUT2D eigenvalue weighted by molar-refractivity contribution is 0.170. The first kappa shape index (κ1) is 8.84. The Morgan fingerprint density at radius 2 is 1.89 bits per heavy atom. The van der Waals surface area contributed by atoms with Crippen LogP contribution in [0.25, 0.3) is 0 Å². The fraction of sp³-hybridized carbons (Fsp3) is 1.00. The van der Waals surface area contributed by atoms with Crippen LogP contribution in [0, 0.1) is 0 Å². The minimum Gasteiger partial charge on any atom is -0.395 e. The Hall–Kier alpha value is -0.160. The second kappa shape index (κ2) is 5.97. The number of aliphatic hydroxyl groups is 2. The van der Waals surface area contributed by atoms with Crippen LogP contribution in [0.2, 0.25) is 0 Å². The second-order valence-corrected chi connectivity index (χ2v) is 1.80. The average molecular weight is 134 g/mol. The van der Waals surface area contributed by atoms with Crippen LogP contribution in [-0.2, 0) is 0 Å². The summed E-state index contributed by atoms with van der Waals surface area (Å²) in [6.07, 6.45) is 0. The smallest absolute Gasteiger partial charge is 0.0607 e. The monoisotopic (exact) mass is 134 g/mol. The van der Waals surface area contributed by atoms with Crippen LogP contribution in [-0.4, -0.2) is 43.2 Å². The van der Waals surface area contributed by atoms with Gasteiger partial charge in [0.15, 0.2) is 0 Å². The predicted octanol–water partition coefficient (Wildman–Crippen LogP) is -1.89. The third-order valence-corrected chi connectivity index (χ3v) is 1.01. The van der Waals surface area contributed by atoms with Crippen LogP contribution in [0.15, 0.2) is 0 Å². The first-order valence-electron chi connectivity index (χ1n) is 2.94. The van der Waals surface area contributed by atoms with Gasteiger partial charge < -0.3 is 15.5 Å². The molecule has 0 aliphatic carbocycles. The Kier molecular flexibility index (Phi) is 5.86. The molecule has 0 atom stereocenters. The van der Waals surface area contributed by atoms with Gasteiger partial charge in [0.1, 0.15) is 0 Å². The molecule has 0 saturated heterocycles. The second-order valence-electron chi connectivity index (χ2n) is 1.80. The van der Waals surface area contributed by atoms with E-state index in [4.69, 9.17) is 10.2 Å². The summed E-state index contributed by atoms with van der Waals surface area (Å²) < 4.78 is 0. The van der Waals surface area contributed by atoms with Gasteiger partial charge in [0, 0.05) is 6.67 Å². The highest BCUT2D eigenvalue weighted by Gasteiger charge is 2.00. The van der Waals surface area contributed by atoms with Gasteiger partial charge in [-0.3, -0.25) is 5.32 Å². The first-order chi connectivity index (χ1) is 4.35. The highest BCUT2D eigenvalue weighted by Crippen LogP contribution is 1.75. The standard InChI is InChI=1S/C5H14N2O2/c1-6-4-7-5(2-8)3-9/h5-9H,2-4H2,1H3. The van der Waals surface area contributed by atoms with Gasteiger partial charge in [-0.25, -0.2) is 0 Å². The minimum atomic E-state index is -0.197. The highest BCUT2D eigenvalue weighted by atomic mass is 16.3. The lowest BCUT2D eigenvalue weighted by atomic mass is 10.3. The zero-order valence-corrected chi connectivity index (χ0v) is 5.59. The van der Waals surface area contributed by atoms with Crippen LogP contribution in [0.5, 0.6) is 0 Å². The molecular weight excluding hydrogens is 120 g/mol. The van der Waals surface area contributed by atoms with Crippen molar-refractivity contribution in [3.05, 3.63) is 0 Å². The van der Waals surface area contributed by atoms with E-state index in [9.17, 15) is 0 Å². The third-order valence-electron chi connectivity index (χ3n) is 1.01. The fourth-order valence-corrected chi connectivity index (χ4v) is 0.433. The van der Waals surface area contributed by atoms with E-state index in [1.807, 2.05) is 0 Å². The molecule has 4 nitrogen and oxygen atoms in total. The van der Waals surface area contributed by atoms with Crippen molar-refractivity contribution in [2.75, 3.05) is 26.9 Å². The van der Waals surface area contributed by atoms with E-state index in [0.29, 0.717) is 6.67 Å². The van der Waals surface area contributed by atoms with E-state index < -0.39 is 0 Å². The van der Waals surface area contributed by atoms with Crippen molar-refractivity contribution in [1.29, 1.82) is 0 Å². The third kappa shape index (κ3) is 4.35. The van der Waals surface area contributed by atoms with Gasteiger partial charge >= 0.3 is 0 Å². The number of nitrogens with one attached hydrogen (secondary N) is 2. The maximum Gasteiger partial charge on any atom is 0.0607 e. The van der Waals surface area contributed by atoms with Crippen molar-refractivity contribution in [2.45, 2.75) is 6.04 Å². The Morgan fingerprint density at radius 1 is 1.33 bits per heavy atom. The molecule has 0 fully saturated rings. The number of rotatable bonds is 5. The molecule has 0 unspecified atom stereocenters. The maximum absolute atomic E-state index is 8.50. The van der Waals surface area contributed by atoms with Crippen LogP contribution in [0.3, 0.4) is 0 Å². The molecular formula is C5H14N2O2. The lowest BCUT2D eigenvalue weighted by Crippen LogP contribution is -2.40. The molecule has 0 rings (SSSR count). The topological polar surface area (TPSA) is 64.5 Å². The van der Waals surface area contributed by atoms with E-state index in [-0.39, 0.29) is 19.3 Å². The van der Waals surface area contributed by atoms with Crippen LogP contribution >= 0.6 is 0 Å². The largest absolute Gasteiger partial charge is 0.395 e. The molecule has 0 spiro atoms. The molecule has 0 heterocycles. The zero-order valence-electron chi connectivity index (χ0n) is 5.59. The lowest BCUT2D eigenvalue weighted by Gasteiger charge is -2.11. The molecule has 0 aromatic rings. The average Bonchev–Trinajstić information content (AvgIpc) is 1.91. The van der Waals surface area contributed by atoms with Gasteiger partial charge in [0.05, 0.1) is 19.3 Å². The van der Waals surface area contributed by atoms with E-state index in [0.717, 1.165) is 0 Å². The van der Waals surface area contributed by atoms with Crippen molar-refractivity contribution >= 4 is 0 Å². The van der Waals surface area contributed by atoms with Gasteiger partial charge in [-0.05, 0) is 7.05 Å². The summed E-state index contributed by atoms with van der Waals surface area (Å²) in [5.41, 5.74) is 0. The summed E-state index contributed by atoms with van der Waals surface area (Å²) in [6, 6.07) is -0.197. The van der Waals surface area contributed by atoms with Gasteiger partial charge in [-0.2, -0.15) is 0 Å². The Labute approximate surface area is 54.9 Å². The van der Waals surface area contributed by atoms with Gasteiger partial charge in [0.25, 0.3) is 0 Å². The molecule has 0 aromatic carbocycles. The maximum atomic E-state index is 8.50. The van der Waals surface area contributed by atoms with E-state index in [2.05, 4.69) is 10.6 Å². The molecule has 0 amide bonds. The number of hydrogen-bond acceptors (Lipinski definition) is 4. The Morgan fingerprint density at radius 3 is 2.22 bits per heavy atom. The van der Waals surface area contributed by atoms with E-state index in [1.54, 1.807) is 7.05 Å². The van der Waals surface area contributed by atoms with Crippen LogP contribution in [0.4, 0.5) is 0 Å². The van der Waals surface area contributed by atoms with Crippen molar-refractivity contribution in [2.24, 2.45) is 0 Å². The highest BCUT2D eigenvalue weighted by molar-refractivity contribution is 4.60. The van der Waals surface area contributed by atoms with Crippen molar-refractivity contribution in [3.63, 3.8) is 0 Å². The molecule has 0 aliphatic heterocycles. The summed E-state index contributed by atoms with van der Waals surface area (Å²) in [5, 5.41) is 22.7. The molecule has 0 aliphatic rings. The molecule has 0 saturated carbocycles. The quantitative estimate of drug-likeness (QED) is 0.332. The van der Waals surface area contributed by atoms with Gasteiger partial charge in [-0.1, -0.05) is 0 Å². The summed E-state index contributed by atoms with van der Waals surface area (Å²) >= 11 is 0. The predicted molar refractivity (Wildman–Crippen MR) is 35.0 cm³/mol. The molecule has 0 aromatic heterocycles. The summed E-state index contributed by atoms with van der Waals surface area (Å²) in [6.45, 7) is 0.544. The number of hydrogen-bond donors (Lipinski definition) is 4. The summed E-state index contributed by atoms with van der Waals surface area (Å²) in [5.74, 6) is 0. The molecule has 0 radical (unpaired) electrons. The van der Waals surface area contributed by atoms with E-state index >= 15 is 0 Å². The van der Waals surface area contributed by atoms with Crippen molar-refractivity contribution < 1.29 is 10.2 Å². The van der Waals surface area contributed by atoms with Crippen molar-refractivity contribution in [1.82, 2.24) is 10.6 Å². The molecule has 4 N–H and O–H groups in total. The normalized spacial score (nSPS) is 10.7. The summed E-state index contributed by atoms with van der Waals surface area (Å²) in [7, 11) is 1.79. The molecule has 9 heavy (non-hydrogen) atoms. The Balaban J connectivity index is 3.09. The van der Waals surface area contributed by atoms with Crippen LogP contribution in [0.1, 0.15) is 0 Å². The fourth-order valence-electron chi connectivity index (χ4n) is 0.433. The van der Waals surface area contributed by atoms with E-state index in [1.165, 1.54) is 0 Å². The molecule has 56 valence electrons. The minimum absolute atomic E-state index is 0.0296. The first-order valence-corrected chi connectivity index (χ1v) is 2.94. The number of aliphatic hydroxyl groups excluding tert-OH is 2. The van der Waals surface area contributed by atoms with Crippen molar-refractivity contribution in [3.8, 4) is 0 Å².